The molecule has 2 rings (SSSR count). The second-order valence-corrected chi connectivity index (χ2v) is 3.43. The van der Waals surface area contributed by atoms with E-state index >= 15 is 0 Å². The molecule has 1 aromatic heterocycles. The van der Waals surface area contributed by atoms with Crippen molar-refractivity contribution in [3.8, 4) is 11.3 Å². The lowest BCUT2D eigenvalue weighted by molar-refractivity contribution is 0.592. The fraction of sp³-hybridized carbons (Fsp3) is 0. The SMILES string of the molecule is [O-][s+]1ccc(-c2ccccc2)n1. The zero-order valence-corrected chi connectivity index (χ0v) is 7.12. The van der Waals surface area contributed by atoms with Gasteiger partial charge >= 0.3 is 0 Å². The van der Waals surface area contributed by atoms with Gasteiger partial charge in [0.25, 0.3) is 0 Å². The fourth-order valence-corrected chi connectivity index (χ4v) is 1.70. The third kappa shape index (κ3) is 1.37. The van der Waals surface area contributed by atoms with Gasteiger partial charge in [-0.15, -0.1) is 0 Å². The maximum Gasteiger partial charge on any atom is 0.164 e. The van der Waals surface area contributed by atoms with E-state index in [0.29, 0.717) is 0 Å². The Morgan fingerprint density at radius 3 is 2.42 bits per heavy atom. The number of nitrogens with zero attached hydrogens (tertiary/aromatic N) is 1. The molecular formula is C9H7NOS. The number of hydrogen-bond donors (Lipinski definition) is 0. The van der Waals surface area contributed by atoms with Gasteiger partial charge in [0.2, 0.25) is 0 Å². The van der Waals surface area contributed by atoms with Crippen LogP contribution in [-0.4, -0.2) is 8.93 Å². The van der Waals surface area contributed by atoms with Crippen molar-refractivity contribution in [3.63, 3.8) is 0 Å². The highest BCUT2D eigenvalue weighted by Crippen LogP contribution is 2.20. The summed E-state index contributed by atoms with van der Waals surface area (Å²) in [5.74, 6) is 0. The van der Waals surface area contributed by atoms with Gasteiger partial charge in [-0.2, -0.15) is 0 Å². The van der Waals surface area contributed by atoms with E-state index in [9.17, 15) is 4.55 Å². The molecule has 0 amide bonds. The minimum Gasteiger partial charge on any atom is -0.569 e. The smallest absolute Gasteiger partial charge is 0.164 e. The van der Waals surface area contributed by atoms with E-state index in [2.05, 4.69) is 4.37 Å². The van der Waals surface area contributed by atoms with Crippen LogP contribution in [0, 0.1) is 0 Å². The first-order chi connectivity index (χ1) is 5.86. The topological polar surface area (TPSA) is 36.0 Å². The Kier molecular flexibility index (Phi) is 1.89. The van der Waals surface area contributed by atoms with E-state index in [1.54, 1.807) is 11.4 Å². The summed E-state index contributed by atoms with van der Waals surface area (Å²) >= 11 is 0. The van der Waals surface area contributed by atoms with Crippen LogP contribution in [0.2, 0.25) is 0 Å². The normalized spacial score (nSPS) is 11.6. The third-order valence-electron chi connectivity index (χ3n) is 1.60. The van der Waals surface area contributed by atoms with Gasteiger partial charge in [0.1, 0.15) is 5.69 Å². The Hall–Kier alpha value is -1.19. The van der Waals surface area contributed by atoms with Gasteiger partial charge in [-0.3, -0.25) is 0 Å². The number of benzene rings is 1. The largest absolute Gasteiger partial charge is 0.569 e. The summed E-state index contributed by atoms with van der Waals surface area (Å²) in [5, 5.41) is 1.59. The van der Waals surface area contributed by atoms with Gasteiger partial charge in [0, 0.05) is 11.6 Å². The molecule has 1 unspecified atom stereocenters. The van der Waals surface area contributed by atoms with Crippen LogP contribution >= 0.6 is 10.9 Å². The maximum atomic E-state index is 10.9. The van der Waals surface area contributed by atoms with Crippen LogP contribution in [0.15, 0.2) is 41.8 Å². The van der Waals surface area contributed by atoms with Crippen LogP contribution in [0.25, 0.3) is 11.3 Å². The summed E-state index contributed by atoms with van der Waals surface area (Å²) in [5.41, 5.74) is 1.81. The van der Waals surface area contributed by atoms with Crippen molar-refractivity contribution in [1.82, 2.24) is 4.37 Å². The standard InChI is InChI=1S/C9H7NOS/c11-12-7-6-9(10-12)8-4-2-1-3-5-8/h1-7H. The first-order valence-electron chi connectivity index (χ1n) is 3.59. The molecule has 2 nitrogen and oxygen atoms in total. The first kappa shape index (κ1) is 7.46. The Morgan fingerprint density at radius 2 is 1.83 bits per heavy atom. The highest BCUT2D eigenvalue weighted by Gasteiger charge is 2.03. The number of aromatic nitrogens is 1. The Morgan fingerprint density at radius 1 is 1.08 bits per heavy atom. The van der Waals surface area contributed by atoms with E-state index in [1.807, 2.05) is 30.3 Å². The molecule has 0 aliphatic carbocycles. The summed E-state index contributed by atoms with van der Waals surface area (Å²) in [4.78, 5) is 0. The van der Waals surface area contributed by atoms with Gasteiger partial charge in [-0.25, -0.2) is 0 Å². The second-order valence-electron chi connectivity index (χ2n) is 2.42. The van der Waals surface area contributed by atoms with Crippen LogP contribution < -0.4 is 0 Å². The van der Waals surface area contributed by atoms with Crippen LogP contribution in [0.3, 0.4) is 0 Å². The minimum atomic E-state index is -1.15. The highest BCUT2D eigenvalue weighted by molar-refractivity contribution is 7.18. The van der Waals surface area contributed by atoms with Gasteiger partial charge in [-0.05, 0) is 4.37 Å². The lowest BCUT2D eigenvalue weighted by Crippen LogP contribution is -1.73. The monoisotopic (exact) mass is 177 g/mol. The zero-order chi connectivity index (χ0) is 8.39. The average molecular weight is 177 g/mol. The van der Waals surface area contributed by atoms with Gasteiger partial charge in [0.15, 0.2) is 5.38 Å². The van der Waals surface area contributed by atoms with Crippen molar-refractivity contribution < 1.29 is 4.55 Å². The van der Waals surface area contributed by atoms with Crippen molar-refractivity contribution in [1.29, 1.82) is 0 Å². The molecule has 0 fully saturated rings. The van der Waals surface area contributed by atoms with E-state index in [4.69, 9.17) is 0 Å². The third-order valence-corrected chi connectivity index (χ3v) is 2.35. The van der Waals surface area contributed by atoms with Crippen LogP contribution in [0.1, 0.15) is 0 Å². The summed E-state index contributed by atoms with van der Waals surface area (Å²) in [6, 6.07) is 11.5. The van der Waals surface area contributed by atoms with Crippen molar-refractivity contribution in [3.05, 3.63) is 41.8 Å². The van der Waals surface area contributed by atoms with Gasteiger partial charge in [0.05, 0.1) is 10.9 Å². The van der Waals surface area contributed by atoms with Crippen molar-refractivity contribution in [2.45, 2.75) is 0 Å². The molecule has 12 heavy (non-hydrogen) atoms. The quantitative estimate of drug-likeness (QED) is 0.627. The van der Waals surface area contributed by atoms with Crippen molar-refractivity contribution in [2.24, 2.45) is 0 Å². The fourth-order valence-electron chi connectivity index (χ4n) is 1.04. The Balaban J connectivity index is 2.45. The lowest BCUT2D eigenvalue weighted by Gasteiger charge is -1.90. The molecule has 0 radical (unpaired) electrons. The van der Waals surface area contributed by atoms with Gasteiger partial charge < -0.3 is 4.55 Å². The van der Waals surface area contributed by atoms with Crippen LogP contribution in [-0.2, 0) is 0 Å². The molecule has 0 saturated carbocycles. The van der Waals surface area contributed by atoms with Crippen molar-refractivity contribution in [2.75, 3.05) is 0 Å². The maximum absolute atomic E-state index is 10.9. The molecule has 3 heteroatoms. The molecular weight excluding hydrogens is 170 g/mol. The molecule has 0 aliphatic heterocycles. The predicted molar refractivity (Wildman–Crippen MR) is 48.3 cm³/mol. The van der Waals surface area contributed by atoms with Gasteiger partial charge in [-0.1, -0.05) is 30.3 Å². The molecule has 0 saturated heterocycles. The molecule has 0 N–H and O–H groups in total. The van der Waals surface area contributed by atoms with Crippen LogP contribution in [0.5, 0.6) is 0 Å². The summed E-state index contributed by atoms with van der Waals surface area (Å²) in [7, 11) is -1.15. The molecule has 1 heterocycles. The summed E-state index contributed by atoms with van der Waals surface area (Å²) in [6.45, 7) is 0. The summed E-state index contributed by atoms with van der Waals surface area (Å²) in [6.07, 6.45) is 0. The molecule has 1 aromatic carbocycles. The Labute approximate surface area is 73.5 Å². The van der Waals surface area contributed by atoms with E-state index < -0.39 is 10.9 Å². The van der Waals surface area contributed by atoms with E-state index in [-0.39, 0.29) is 0 Å². The average Bonchev–Trinajstić information content (AvgIpc) is 2.54. The lowest BCUT2D eigenvalue weighted by atomic mass is 10.2. The Bertz CT molecular complexity index is 369. The molecule has 0 bridgehead atoms. The minimum absolute atomic E-state index is 0.800. The zero-order valence-electron chi connectivity index (χ0n) is 6.31. The number of rotatable bonds is 1. The molecule has 0 spiro atoms. The highest BCUT2D eigenvalue weighted by atomic mass is 32.2. The predicted octanol–water partition coefficient (Wildman–Crippen LogP) is 2.48. The second kappa shape index (κ2) is 3.05. The number of hydrogen-bond acceptors (Lipinski definition) is 2. The molecule has 0 aliphatic rings. The first-order valence-corrected chi connectivity index (χ1v) is 4.76. The molecule has 2 aromatic rings. The van der Waals surface area contributed by atoms with Crippen LogP contribution in [0.4, 0.5) is 0 Å². The van der Waals surface area contributed by atoms with E-state index in [1.165, 1.54) is 0 Å². The molecule has 60 valence electrons. The summed E-state index contributed by atoms with van der Waals surface area (Å²) < 4.78 is 14.8. The van der Waals surface area contributed by atoms with Crippen molar-refractivity contribution >= 4 is 10.9 Å². The van der Waals surface area contributed by atoms with E-state index in [0.717, 1.165) is 11.3 Å². The molecule has 1 atom stereocenters.